The zero-order valence-corrected chi connectivity index (χ0v) is 14.9. The fourth-order valence-corrected chi connectivity index (χ4v) is 3.27. The highest BCUT2D eigenvalue weighted by atomic mass is 16.2. The zero-order valence-electron chi connectivity index (χ0n) is 14.9. The van der Waals surface area contributed by atoms with Crippen LogP contribution in [0.1, 0.15) is 35.2 Å². The first-order chi connectivity index (χ1) is 12.7. The number of aryl methyl sites for hydroxylation is 1. The van der Waals surface area contributed by atoms with Crippen LogP contribution in [0.4, 0.5) is 0 Å². The summed E-state index contributed by atoms with van der Waals surface area (Å²) in [6.45, 7) is 2.18. The number of likely N-dealkylation sites (tertiary alicyclic amines) is 1. The molecule has 1 aromatic heterocycles. The molecule has 2 aromatic rings. The van der Waals surface area contributed by atoms with E-state index >= 15 is 0 Å². The zero-order chi connectivity index (χ0) is 18.2. The van der Waals surface area contributed by atoms with Gasteiger partial charge in [-0.25, -0.2) is 0 Å². The third kappa shape index (κ3) is 5.15. The number of carbonyl (C=O) groups excluding carboxylic acids is 2. The summed E-state index contributed by atoms with van der Waals surface area (Å²) in [5.74, 6) is 0.610. The minimum atomic E-state index is 0.0674. The lowest BCUT2D eigenvalue weighted by molar-refractivity contribution is -0.121. The molecule has 1 saturated heterocycles. The Bertz CT molecular complexity index is 711. The number of hydrogen-bond acceptors (Lipinski definition) is 3. The molecule has 0 unspecified atom stereocenters. The van der Waals surface area contributed by atoms with Crippen molar-refractivity contribution in [3.63, 3.8) is 0 Å². The summed E-state index contributed by atoms with van der Waals surface area (Å²) in [7, 11) is 0. The Morgan fingerprint density at radius 3 is 2.42 bits per heavy atom. The second kappa shape index (κ2) is 9.13. The second-order valence-electron chi connectivity index (χ2n) is 6.76. The first-order valence-corrected chi connectivity index (χ1v) is 9.22. The van der Waals surface area contributed by atoms with E-state index in [2.05, 4.69) is 10.3 Å². The van der Waals surface area contributed by atoms with Gasteiger partial charge in [0, 0.05) is 44.0 Å². The van der Waals surface area contributed by atoms with E-state index in [9.17, 15) is 9.59 Å². The van der Waals surface area contributed by atoms with Crippen LogP contribution in [0.3, 0.4) is 0 Å². The Morgan fingerprint density at radius 2 is 1.73 bits per heavy atom. The van der Waals surface area contributed by atoms with Gasteiger partial charge in [0.25, 0.3) is 5.91 Å². The summed E-state index contributed by atoms with van der Waals surface area (Å²) in [6.07, 6.45) is 6.43. The van der Waals surface area contributed by atoms with Crippen molar-refractivity contribution in [3.05, 3.63) is 66.0 Å². The lowest BCUT2D eigenvalue weighted by Crippen LogP contribution is -2.41. The Balaban J connectivity index is 1.36. The van der Waals surface area contributed by atoms with Crippen molar-refractivity contribution in [1.29, 1.82) is 0 Å². The molecule has 3 rings (SSSR count). The number of piperidine rings is 1. The summed E-state index contributed by atoms with van der Waals surface area (Å²) < 4.78 is 0. The smallest absolute Gasteiger partial charge is 0.253 e. The number of nitrogens with zero attached hydrogens (tertiary/aromatic N) is 2. The lowest BCUT2D eigenvalue weighted by Gasteiger charge is -2.32. The Morgan fingerprint density at radius 1 is 1.04 bits per heavy atom. The van der Waals surface area contributed by atoms with Crippen LogP contribution in [-0.2, 0) is 11.2 Å². The number of aromatic nitrogens is 1. The molecule has 0 bridgehead atoms. The molecule has 5 heteroatoms. The van der Waals surface area contributed by atoms with Crippen LogP contribution in [-0.4, -0.2) is 41.3 Å². The minimum Gasteiger partial charge on any atom is -0.356 e. The molecule has 0 radical (unpaired) electrons. The van der Waals surface area contributed by atoms with Gasteiger partial charge in [-0.2, -0.15) is 0 Å². The standard InChI is InChI=1S/C21H25N3O2/c25-20(7-6-17-4-2-1-3-5-17)23-16-18-10-14-24(15-11-18)21(26)19-8-12-22-13-9-19/h1-5,8-9,12-13,18H,6-7,10-11,14-16H2,(H,23,25). The maximum atomic E-state index is 12.4. The second-order valence-corrected chi connectivity index (χ2v) is 6.76. The van der Waals surface area contributed by atoms with E-state index in [1.54, 1.807) is 24.5 Å². The molecule has 136 valence electrons. The van der Waals surface area contributed by atoms with E-state index in [1.807, 2.05) is 35.2 Å². The quantitative estimate of drug-likeness (QED) is 0.870. The molecular formula is C21H25N3O2. The molecule has 1 fully saturated rings. The predicted octanol–water partition coefficient (Wildman–Crippen LogP) is 2.68. The number of pyridine rings is 1. The summed E-state index contributed by atoms with van der Waals surface area (Å²) in [6, 6.07) is 13.6. The Kier molecular flexibility index (Phi) is 6.36. The first-order valence-electron chi connectivity index (χ1n) is 9.22. The van der Waals surface area contributed by atoms with E-state index in [-0.39, 0.29) is 11.8 Å². The molecule has 1 aromatic carbocycles. The molecule has 0 atom stereocenters. The van der Waals surface area contributed by atoms with Gasteiger partial charge in [-0.15, -0.1) is 0 Å². The highest BCUT2D eigenvalue weighted by Gasteiger charge is 2.23. The van der Waals surface area contributed by atoms with Crippen LogP contribution < -0.4 is 5.32 Å². The SMILES string of the molecule is O=C(CCc1ccccc1)NCC1CCN(C(=O)c2ccncc2)CC1. The van der Waals surface area contributed by atoms with Crippen molar-refractivity contribution in [3.8, 4) is 0 Å². The van der Waals surface area contributed by atoms with E-state index < -0.39 is 0 Å². The minimum absolute atomic E-state index is 0.0674. The number of amides is 2. The third-order valence-corrected chi connectivity index (χ3v) is 4.90. The maximum Gasteiger partial charge on any atom is 0.253 e. The molecule has 0 spiro atoms. The number of nitrogens with one attached hydrogen (secondary N) is 1. The molecule has 2 heterocycles. The van der Waals surface area contributed by atoms with Crippen molar-refractivity contribution in [2.45, 2.75) is 25.7 Å². The number of rotatable bonds is 6. The fourth-order valence-electron chi connectivity index (χ4n) is 3.27. The van der Waals surface area contributed by atoms with Gasteiger partial charge < -0.3 is 10.2 Å². The molecule has 26 heavy (non-hydrogen) atoms. The van der Waals surface area contributed by atoms with Crippen LogP contribution in [0.15, 0.2) is 54.9 Å². The van der Waals surface area contributed by atoms with Crippen molar-refractivity contribution in [2.24, 2.45) is 5.92 Å². The van der Waals surface area contributed by atoms with E-state index in [1.165, 1.54) is 5.56 Å². The number of hydrogen-bond donors (Lipinski definition) is 1. The highest BCUT2D eigenvalue weighted by Crippen LogP contribution is 2.18. The molecule has 2 amide bonds. The van der Waals surface area contributed by atoms with Crippen LogP contribution in [0, 0.1) is 5.92 Å². The van der Waals surface area contributed by atoms with Crippen LogP contribution in [0.5, 0.6) is 0 Å². The first kappa shape index (κ1) is 18.1. The van der Waals surface area contributed by atoms with Gasteiger partial charge >= 0.3 is 0 Å². The molecule has 1 aliphatic rings. The largest absolute Gasteiger partial charge is 0.356 e. The third-order valence-electron chi connectivity index (χ3n) is 4.90. The molecule has 1 N–H and O–H groups in total. The van der Waals surface area contributed by atoms with Crippen LogP contribution >= 0.6 is 0 Å². The maximum absolute atomic E-state index is 12.4. The van der Waals surface area contributed by atoms with E-state index in [4.69, 9.17) is 0 Å². The van der Waals surface area contributed by atoms with Crippen LogP contribution in [0.25, 0.3) is 0 Å². The van der Waals surface area contributed by atoms with Gasteiger partial charge in [-0.3, -0.25) is 14.6 Å². The average Bonchev–Trinajstić information content (AvgIpc) is 2.72. The normalized spacial score (nSPS) is 14.8. The Hall–Kier alpha value is -2.69. The van der Waals surface area contributed by atoms with Gasteiger partial charge in [-0.05, 0) is 42.9 Å². The van der Waals surface area contributed by atoms with Gasteiger partial charge in [0.2, 0.25) is 5.91 Å². The average molecular weight is 351 g/mol. The van der Waals surface area contributed by atoms with Crippen molar-refractivity contribution in [2.75, 3.05) is 19.6 Å². The molecule has 5 nitrogen and oxygen atoms in total. The molecule has 0 aliphatic carbocycles. The lowest BCUT2D eigenvalue weighted by atomic mass is 9.96. The molecule has 1 aliphatic heterocycles. The summed E-state index contributed by atoms with van der Waals surface area (Å²) >= 11 is 0. The molecule has 0 saturated carbocycles. The monoisotopic (exact) mass is 351 g/mol. The fraction of sp³-hybridized carbons (Fsp3) is 0.381. The van der Waals surface area contributed by atoms with Crippen molar-refractivity contribution >= 4 is 11.8 Å². The van der Waals surface area contributed by atoms with Gasteiger partial charge in [0.1, 0.15) is 0 Å². The number of carbonyl (C=O) groups is 2. The number of benzene rings is 1. The van der Waals surface area contributed by atoms with Gasteiger partial charge in [-0.1, -0.05) is 30.3 Å². The molecular weight excluding hydrogens is 326 g/mol. The van der Waals surface area contributed by atoms with Crippen molar-refractivity contribution in [1.82, 2.24) is 15.2 Å². The predicted molar refractivity (Wildman–Crippen MR) is 101 cm³/mol. The summed E-state index contributed by atoms with van der Waals surface area (Å²) in [5.41, 5.74) is 1.87. The summed E-state index contributed by atoms with van der Waals surface area (Å²) in [5, 5.41) is 3.05. The van der Waals surface area contributed by atoms with Gasteiger partial charge in [0.15, 0.2) is 0 Å². The van der Waals surface area contributed by atoms with Crippen LogP contribution in [0.2, 0.25) is 0 Å². The Labute approximate surface area is 154 Å². The van der Waals surface area contributed by atoms with E-state index in [0.717, 1.165) is 32.4 Å². The summed E-state index contributed by atoms with van der Waals surface area (Å²) in [4.78, 5) is 30.3. The highest BCUT2D eigenvalue weighted by molar-refractivity contribution is 5.94. The van der Waals surface area contributed by atoms with Crippen molar-refractivity contribution < 1.29 is 9.59 Å². The van der Waals surface area contributed by atoms with E-state index in [0.29, 0.717) is 24.4 Å². The van der Waals surface area contributed by atoms with Gasteiger partial charge in [0.05, 0.1) is 0 Å². The topological polar surface area (TPSA) is 62.3 Å².